The second-order valence-electron chi connectivity index (χ2n) is 7.07. The zero-order valence-corrected chi connectivity index (χ0v) is 14.0. The largest absolute Gasteiger partial charge is 0.396 e. The quantitative estimate of drug-likeness (QED) is 0.787. The number of nitrogens with two attached hydrogens (primary N) is 1. The van der Waals surface area contributed by atoms with Crippen molar-refractivity contribution in [3.05, 3.63) is 38.3 Å². The molecule has 8 heteroatoms. The summed E-state index contributed by atoms with van der Waals surface area (Å²) in [5.74, 6) is 5.23. The summed E-state index contributed by atoms with van der Waals surface area (Å²) in [6, 6.07) is 1.19. The SMILES string of the molecule is Cc1c(N2CCC(CO)C2)c(F)cc2c(=O)n(N)c(=O)n(C3CC3)c12. The number of rotatable bonds is 3. The molecule has 0 radical (unpaired) electrons. The molecule has 1 saturated carbocycles. The van der Waals surface area contributed by atoms with E-state index < -0.39 is 17.1 Å². The highest BCUT2D eigenvalue weighted by atomic mass is 19.1. The minimum atomic E-state index is -0.680. The Balaban J connectivity index is 2.01. The van der Waals surface area contributed by atoms with Crippen LogP contribution in [-0.2, 0) is 0 Å². The van der Waals surface area contributed by atoms with Gasteiger partial charge in [-0.25, -0.2) is 9.18 Å². The number of aliphatic hydroxyl groups excluding tert-OH is 1. The monoisotopic (exact) mass is 348 g/mol. The van der Waals surface area contributed by atoms with Crippen molar-refractivity contribution in [2.75, 3.05) is 30.4 Å². The lowest BCUT2D eigenvalue weighted by atomic mass is 10.1. The number of fused-ring (bicyclic) bond motifs is 1. The molecule has 4 rings (SSSR count). The highest BCUT2D eigenvalue weighted by Gasteiger charge is 2.32. The third-order valence-electron chi connectivity index (χ3n) is 5.34. The fourth-order valence-corrected chi connectivity index (χ4v) is 3.90. The van der Waals surface area contributed by atoms with Crippen molar-refractivity contribution in [3.63, 3.8) is 0 Å². The van der Waals surface area contributed by atoms with Crippen molar-refractivity contribution in [1.82, 2.24) is 9.24 Å². The van der Waals surface area contributed by atoms with E-state index in [0.717, 1.165) is 19.3 Å². The highest BCUT2D eigenvalue weighted by molar-refractivity contribution is 5.87. The molecule has 1 aromatic carbocycles. The summed E-state index contributed by atoms with van der Waals surface area (Å²) in [4.78, 5) is 26.8. The third kappa shape index (κ3) is 2.35. The van der Waals surface area contributed by atoms with Crippen LogP contribution >= 0.6 is 0 Å². The first-order valence-electron chi connectivity index (χ1n) is 8.55. The zero-order chi connectivity index (χ0) is 17.9. The van der Waals surface area contributed by atoms with E-state index in [-0.39, 0.29) is 24.0 Å². The Morgan fingerprint density at radius 3 is 2.64 bits per heavy atom. The Kier molecular flexibility index (Phi) is 3.61. The van der Waals surface area contributed by atoms with Gasteiger partial charge in [-0.15, -0.1) is 0 Å². The molecule has 0 amide bonds. The molecule has 1 saturated heterocycles. The minimum Gasteiger partial charge on any atom is -0.396 e. The third-order valence-corrected chi connectivity index (χ3v) is 5.34. The number of benzene rings is 1. The summed E-state index contributed by atoms with van der Waals surface area (Å²) in [6.07, 6.45) is 2.47. The predicted octanol–water partition coefficient (Wildman–Crippen LogP) is 0.478. The number of aliphatic hydroxyl groups is 1. The summed E-state index contributed by atoms with van der Waals surface area (Å²) in [7, 11) is 0. The zero-order valence-electron chi connectivity index (χ0n) is 14.0. The molecule has 134 valence electrons. The number of anilines is 1. The van der Waals surface area contributed by atoms with E-state index in [2.05, 4.69) is 0 Å². The molecular formula is C17H21FN4O3. The van der Waals surface area contributed by atoms with Crippen LogP contribution < -0.4 is 22.0 Å². The molecule has 0 spiro atoms. The standard InChI is InChI=1S/C17H21FN4O3/c1-9-14-12(16(24)22(19)17(25)21(14)11-2-3-11)6-13(18)15(9)20-5-4-10(7-20)8-23/h6,10-11,23H,2-5,7-8,19H2,1H3. The van der Waals surface area contributed by atoms with E-state index in [0.29, 0.717) is 34.5 Å². The topological polar surface area (TPSA) is 93.5 Å². The molecule has 2 aromatic rings. The van der Waals surface area contributed by atoms with Crippen LogP contribution in [0.4, 0.5) is 10.1 Å². The van der Waals surface area contributed by atoms with Crippen molar-refractivity contribution >= 4 is 16.6 Å². The predicted molar refractivity (Wildman–Crippen MR) is 93.0 cm³/mol. The lowest BCUT2D eigenvalue weighted by Gasteiger charge is -2.24. The van der Waals surface area contributed by atoms with Gasteiger partial charge in [0.15, 0.2) is 0 Å². The first-order chi connectivity index (χ1) is 11.9. The first-order valence-corrected chi connectivity index (χ1v) is 8.55. The van der Waals surface area contributed by atoms with E-state index in [1.807, 2.05) is 4.90 Å². The van der Waals surface area contributed by atoms with E-state index in [9.17, 15) is 19.1 Å². The maximum atomic E-state index is 14.8. The average Bonchev–Trinajstić information content (AvgIpc) is 3.31. The Morgan fingerprint density at radius 2 is 2.04 bits per heavy atom. The molecular weight excluding hydrogens is 327 g/mol. The summed E-state index contributed by atoms with van der Waals surface area (Å²) in [5, 5.41) is 9.48. The molecule has 7 nitrogen and oxygen atoms in total. The van der Waals surface area contributed by atoms with Gasteiger partial charge in [0.2, 0.25) is 0 Å². The number of aryl methyl sites for hydroxylation is 1. The van der Waals surface area contributed by atoms with Crippen LogP contribution in [0, 0.1) is 18.7 Å². The maximum Gasteiger partial charge on any atom is 0.350 e. The van der Waals surface area contributed by atoms with Crippen LogP contribution in [0.3, 0.4) is 0 Å². The number of hydrogen-bond acceptors (Lipinski definition) is 5. The summed E-state index contributed by atoms with van der Waals surface area (Å²) >= 11 is 0. The van der Waals surface area contributed by atoms with Gasteiger partial charge in [0.1, 0.15) is 5.82 Å². The molecule has 1 atom stereocenters. The Bertz CT molecular complexity index is 977. The van der Waals surface area contributed by atoms with Crippen LogP contribution in [0.1, 0.15) is 30.9 Å². The lowest BCUT2D eigenvalue weighted by molar-refractivity contribution is 0.238. The van der Waals surface area contributed by atoms with Crippen LogP contribution in [0.25, 0.3) is 10.9 Å². The van der Waals surface area contributed by atoms with E-state index >= 15 is 0 Å². The molecule has 1 aromatic heterocycles. The highest BCUT2D eigenvalue weighted by Crippen LogP contribution is 2.39. The smallest absolute Gasteiger partial charge is 0.350 e. The number of aromatic nitrogens is 2. The van der Waals surface area contributed by atoms with Gasteiger partial charge in [0.05, 0.1) is 16.6 Å². The van der Waals surface area contributed by atoms with Crippen molar-refractivity contribution < 1.29 is 9.50 Å². The van der Waals surface area contributed by atoms with Crippen LogP contribution in [-0.4, -0.2) is 34.0 Å². The summed E-state index contributed by atoms with van der Waals surface area (Å²) < 4.78 is 16.9. The lowest BCUT2D eigenvalue weighted by Crippen LogP contribution is -2.44. The Morgan fingerprint density at radius 1 is 1.32 bits per heavy atom. The maximum absolute atomic E-state index is 14.8. The van der Waals surface area contributed by atoms with Gasteiger partial charge in [-0.1, -0.05) is 0 Å². The minimum absolute atomic E-state index is 0.00572. The van der Waals surface area contributed by atoms with Crippen molar-refractivity contribution in [1.29, 1.82) is 0 Å². The molecule has 2 aliphatic rings. The number of hydrogen-bond donors (Lipinski definition) is 2. The van der Waals surface area contributed by atoms with Gasteiger partial charge < -0.3 is 15.8 Å². The van der Waals surface area contributed by atoms with Gasteiger partial charge in [-0.2, -0.15) is 4.68 Å². The molecule has 3 N–H and O–H groups in total. The summed E-state index contributed by atoms with van der Waals surface area (Å²) in [5.41, 5.74) is 0.222. The molecule has 1 unspecified atom stereocenters. The molecule has 1 aliphatic carbocycles. The Hall–Kier alpha value is -2.35. The second kappa shape index (κ2) is 5.59. The van der Waals surface area contributed by atoms with Crippen molar-refractivity contribution in [2.45, 2.75) is 32.2 Å². The molecule has 2 fully saturated rings. The van der Waals surface area contributed by atoms with E-state index in [4.69, 9.17) is 5.84 Å². The van der Waals surface area contributed by atoms with Gasteiger partial charge >= 0.3 is 5.69 Å². The number of nitrogen functional groups attached to an aromatic ring is 1. The van der Waals surface area contributed by atoms with Gasteiger partial charge in [0, 0.05) is 37.2 Å². The van der Waals surface area contributed by atoms with Crippen LogP contribution in [0.5, 0.6) is 0 Å². The molecule has 1 aliphatic heterocycles. The van der Waals surface area contributed by atoms with E-state index in [1.54, 1.807) is 6.92 Å². The number of halogens is 1. The summed E-state index contributed by atoms with van der Waals surface area (Å²) in [6.45, 7) is 3.00. The van der Waals surface area contributed by atoms with Crippen molar-refractivity contribution in [2.24, 2.45) is 5.92 Å². The van der Waals surface area contributed by atoms with Gasteiger partial charge in [0.25, 0.3) is 5.56 Å². The van der Waals surface area contributed by atoms with Crippen LogP contribution in [0.2, 0.25) is 0 Å². The van der Waals surface area contributed by atoms with Gasteiger partial charge in [-0.3, -0.25) is 9.36 Å². The normalized spacial score (nSPS) is 20.6. The second-order valence-corrected chi connectivity index (χ2v) is 7.07. The molecule has 0 bridgehead atoms. The fourth-order valence-electron chi connectivity index (χ4n) is 3.90. The van der Waals surface area contributed by atoms with Crippen molar-refractivity contribution in [3.8, 4) is 0 Å². The van der Waals surface area contributed by atoms with Gasteiger partial charge in [-0.05, 0) is 32.3 Å². The van der Waals surface area contributed by atoms with E-state index in [1.165, 1.54) is 10.6 Å². The molecule has 25 heavy (non-hydrogen) atoms. The first kappa shape index (κ1) is 16.1. The van der Waals surface area contributed by atoms with Crippen LogP contribution in [0.15, 0.2) is 15.7 Å². The Labute approximate surface area is 143 Å². The molecule has 2 heterocycles. The average molecular weight is 348 g/mol. The fraction of sp³-hybridized carbons (Fsp3) is 0.529. The number of nitrogens with zero attached hydrogens (tertiary/aromatic N) is 3.